The normalized spacial score (nSPS) is 12.8. The predicted molar refractivity (Wildman–Crippen MR) is 63.3 cm³/mol. The summed E-state index contributed by atoms with van der Waals surface area (Å²) in [5.41, 5.74) is 0.365. The number of H-pyrrole nitrogens is 1. The Balaban J connectivity index is 3.17. The number of rotatable bonds is 5. The quantitative estimate of drug-likeness (QED) is 0.898. The first-order valence-corrected chi connectivity index (χ1v) is 5.73. The number of hydrogen-bond acceptors (Lipinski definition) is 4. The number of hydrogen-bond donors (Lipinski definition) is 1. The molecular formula is C10H15BrN2O3. The lowest BCUT2D eigenvalue weighted by Gasteiger charge is -2.13. The smallest absolute Gasteiger partial charge is 0.265 e. The van der Waals surface area contributed by atoms with Crippen molar-refractivity contribution < 1.29 is 9.47 Å². The lowest BCUT2D eigenvalue weighted by molar-refractivity contribution is 0.0913. The molecule has 6 heteroatoms. The summed E-state index contributed by atoms with van der Waals surface area (Å²) in [6.07, 6.45) is 0.546. The summed E-state index contributed by atoms with van der Waals surface area (Å²) in [6, 6.07) is 0. The molecule has 1 heterocycles. The fourth-order valence-electron chi connectivity index (χ4n) is 1.38. The molecule has 0 saturated carbocycles. The molecule has 16 heavy (non-hydrogen) atoms. The van der Waals surface area contributed by atoms with E-state index in [1.165, 1.54) is 0 Å². The monoisotopic (exact) mass is 290 g/mol. The molecule has 0 aliphatic heterocycles. The molecule has 90 valence electrons. The van der Waals surface area contributed by atoms with Crippen molar-refractivity contribution in [3.8, 4) is 0 Å². The molecule has 0 bridgehead atoms. The number of aromatic amines is 1. The van der Waals surface area contributed by atoms with Gasteiger partial charge in [0.25, 0.3) is 5.56 Å². The van der Waals surface area contributed by atoms with E-state index in [-0.39, 0.29) is 18.3 Å². The van der Waals surface area contributed by atoms with Gasteiger partial charge in [-0.25, -0.2) is 4.98 Å². The van der Waals surface area contributed by atoms with Gasteiger partial charge in [-0.2, -0.15) is 0 Å². The highest BCUT2D eigenvalue weighted by atomic mass is 79.9. The van der Waals surface area contributed by atoms with E-state index in [9.17, 15) is 4.79 Å². The highest BCUT2D eigenvalue weighted by Crippen LogP contribution is 2.17. The molecule has 1 unspecified atom stereocenters. The standard InChI is InChI=1S/C10H15BrN2O3/c1-4-7(16-3)9-12-6(5-15-2)8(11)10(14)13-9/h7H,4-5H2,1-3H3,(H,12,13,14). The molecule has 0 aliphatic carbocycles. The third-order valence-corrected chi connectivity index (χ3v) is 3.01. The summed E-state index contributed by atoms with van der Waals surface area (Å²) in [5.74, 6) is 0.533. The van der Waals surface area contributed by atoms with Crippen LogP contribution in [0.5, 0.6) is 0 Å². The van der Waals surface area contributed by atoms with Crippen molar-refractivity contribution >= 4 is 15.9 Å². The fraction of sp³-hybridized carbons (Fsp3) is 0.600. The minimum atomic E-state index is -0.215. The van der Waals surface area contributed by atoms with Gasteiger partial charge in [0.1, 0.15) is 16.4 Å². The molecule has 1 aromatic rings. The zero-order valence-electron chi connectivity index (χ0n) is 9.54. The van der Waals surface area contributed by atoms with Crippen LogP contribution in [0.25, 0.3) is 0 Å². The van der Waals surface area contributed by atoms with Crippen LogP contribution in [0.3, 0.4) is 0 Å². The van der Waals surface area contributed by atoms with E-state index in [2.05, 4.69) is 25.9 Å². The van der Waals surface area contributed by atoms with E-state index in [0.717, 1.165) is 6.42 Å². The van der Waals surface area contributed by atoms with Gasteiger partial charge in [0.15, 0.2) is 0 Å². The topological polar surface area (TPSA) is 64.2 Å². The second-order valence-corrected chi connectivity index (χ2v) is 4.07. The van der Waals surface area contributed by atoms with Crippen LogP contribution in [0, 0.1) is 0 Å². The van der Waals surface area contributed by atoms with Crippen molar-refractivity contribution in [1.29, 1.82) is 0 Å². The summed E-state index contributed by atoms with van der Waals surface area (Å²) in [7, 11) is 3.15. The molecule has 5 nitrogen and oxygen atoms in total. The Morgan fingerprint density at radius 3 is 2.69 bits per heavy atom. The van der Waals surface area contributed by atoms with Crippen LogP contribution in [0.15, 0.2) is 9.27 Å². The van der Waals surface area contributed by atoms with Crippen LogP contribution in [0.1, 0.15) is 31.0 Å². The molecule has 0 amide bonds. The highest BCUT2D eigenvalue weighted by molar-refractivity contribution is 9.10. The largest absolute Gasteiger partial charge is 0.378 e. The maximum absolute atomic E-state index is 11.6. The van der Waals surface area contributed by atoms with Crippen molar-refractivity contribution in [2.45, 2.75) is 26.1 Å². The van der Waals surface area contributed by atoms with E-state index < -0.39 is 0 Å². The first-order chi connectivity index (χ1) is 7.63. The number of nitrogens with one attached hydrogen (secondary N) is 1. The molecule has 0 spiro atoms. The average Bonchev–Trinajstić information content (AvgIpc) is 2.27. The van der Waals surface area contributed by atoms with Gasteiger partial charge in [-0.1, -0.05) is 6.92 Å². The Morgan fingerprint density at radius 2 is 2.19 bits per heavy atom. The molecule has 0 fully saturated rings. The fourth-order valence-corrected chi connectivity index (χ4v) is 1.68. The summed E-state index contributed by atoms with van der Waals surface area (Å²) in [4.78, 5) is 18.6. The van der Waals surface area contributed by atoms with Gasteiger partial charge in [0.05, 0.1) is 12.3 Å². The molecule has 1 rings (SSSR count). The summed E-state index contributed by atoms with van der Waals surface area (Å²) in [5, 5.41) is 0. The summed E-state index contributed by atoms with van der Waals surface area (Å²) in [6.45, 7) is 2.25. The van der Waals surface area contributed by atoms with Crippen molar-refractivity contribution in [2.75, 3.05) is 14.2 Å². The highest BCUT2D eigenvalue weighted by Gasteiger charge is 2.15. The van der Waals surface area contributed by atoms with Crippen LogP contribution in [-0.2, 0) is 16.1 Å². The number of halogens is 1. The molecule has 1 aromatic heterocycles. The van der Waals surface area contributed by atoms with Gasteiger partial charge in [0.2, 0.25) is 0 Å². The lowest BCUT2D eigenvalue weighted by atomic mass is 10.2. The molecular weight excluding hydrogens is 276 g/mol. The van der Waals surface area contributed by atoms with Gasteiger partial charge in [0, 0.05) is 14.2 Å². The number of aromatic nitrogens is 2. The number of ether oxygens (including phenoxy) is 2. The summed E-state index contributed by atoms with van der Waals surface area (Å²) >= 11 is 3.18. The Morgan fingerprint density at radius 1 is 1.50 bits per heavy atom. The Labute approximate surface area is 102 Å². The van der Waals surface area contributed by atoms with Crippen molar-refractivity contribution in [3.05, 3.63) is 26.3 Å². The molecule has 0 radical (unpaired) electrons. The van der Waals surface area contributed by atoms with Gasteiger partial charge in [-0.3, -0.25) is 4.79 Å². The first kappa shape index (κ1) is 13.3. The van der Waals surface area contributed by atoms with Crippen molar-refractivity contribution in [1.82, 2.24) is 9.97 Å². The Hall–Kier alpha value is -0.720. The van der Waals surface area contributed by atoms with Crippen LogP contribution in [-0.4, -0.2) is 24.2 Å². The van der Waals surface area contributed by atoms with E-state index in [1.54, 1.807) is 14.2 Å². The van der Waals surface area contributed by atoms with Crippen LogP contribution in [0.2, 0.25) is 0 Å². The van der Waals surface area contributed by atoms with Gasteiger partial charge in [-0.05, 0) is 22.4 Å². The van der Waals surface area contributed by atoms with E-state index in [0.29, 0.717) is 16.0 Å². The van der Waals surface area contributed by atoms with E-state index in [1.807, 2.05) is 6.92 Å². The van der Waals surface area contributed by atoms with Crippen LogP contribution < -0.4 is 5.56 Å². The van der Waals surface area contributed by atoms with E-state index >= 15 is 0 Å². The average molecular weight is 291 g/mol. The van der Waals surface area contributed by atoms with Gasteiger partial charge < -0.3 is 14.5 Å². The number of methoxy groups -OCH3 is 2. The first-order valence-electron chi connectivity index (χ1n) is 4.94. The minimum Gasteiger partial charge on any atom is -0.378 e. The zero-order valence-corrected chi connectivity index (χ0v) is 11.1. The van der Waals surface area contributed by atoms with Crippen LogP contribution in [0.4, 0.5) is 0 Å². The zero-order chi connectivity index (χ0) is 12.1. The van der Waals surface area contributed by atoms with Gasteiger partial charge in [-0.15, -0.1) is 0 Å². The number of nitrogens with zero attached hydrogens (tertiary/aromatic N) is 1. The van der Waals surface area contributed by atoms with Gasteiger partial charge >= 0.3 is 0 Å². The van der Waals surface area contributed by atoms with Crippen molar-refractivity contribution in [2.24, 2.45) is 0 Å². The second-order valence-electron chi connectivity index (χ2n) is 3.28. The third-order valence-electron chi connectivity index (χ3n) is 2.19. The molecule has 0 aliphatic rings. The minimum absolute atomic E-state index is 0.198. The Kier molecular flexibility index (Phi) is 5.11. The van der Waals surface area contributed by atoms with Crippen LogP contribution >= 0.6 is 15.9 Å². The molecule has 0 saturated heterocycles. The molecule has 1 N–H and O–H groups in total. The third kappa shape index (κ3) is 2.90. The SMILES string of the molecule is CCC(OC)c1nc(COC)c(Br)c(=O)[nH]1. The Bertz CT molecular complexity index is 402. The summed E-state index contributed by atoms with van der Waals surface area (Å²) < 4.78 is 10.6. The molecule has 0 aromatic carbocycles. The second kappa shape index (κ2) is 6.12. The molecule has 1 atom stereocenters. The maximum Gasteiger partial charge on any atom is 0.265 e. The lowest BCUT2D eigenvalue weighted by Crippen LogP contribution is -2.19. The van der Waals surface area contributed by atoms with E-state index in [4.69, 9.17) is 9.47 Å². The maximum atomic E-state index is 11.6. The van der Waals surface area contributed by atoms with Crippen molar-refractivity contribution in [3.63, 3.8) is 0 Å². The predicted octanol–water partition coefficient (Wildman–Crippen LogP) is 1.78.